The van der Waals surface area contributed by atoms with Crippen LogP contribution in [0.5, 0.6) is 0 Å². The van der Waals surface area contributed by atoms with E-state index in [9.17, 15) is 10.2 Å². The number of guanidine groups is 1. The van der Waals surface area contributed by atoms with E-state index in [1.54, 1.807) is 18.4 Å². The lowest BCUT2D eigenvalue weighted by molar-refractivity contribution is -0.0279. The summed E-state index contributed by atoms with van der Waals surface area (Å²) >= 11 is 1.60. The molecule has 0 spiro atoms. The van der Waals surface area contributed by atoms with Crippen molar-refractivity contribution in [2.24, 2.45) is 4.99 Å². The maximum absolute atomic E-state index is 10.4. The lowest BCUT2D eigenvalue weighted by atomic mass is 9.80. The molecule has 2 aromatic rings. The Kier molecular flexibility index (Phi) is 4.84. The molecule has 0 saturated heterocycles. The molecule has 1 aliphatic carbocycles. The minimum Gasteiger partial charge on any atom is -0.388 e. The zero-order valence-corrected chi connectivity index (χ0v) is 14.1. The largest absolute Gasteiger partial charge is 0.388 e. The lowest BCUT2D eigenvalue weighted by Crippen LogP contribution is -2.51. The zero-order chi connectivity index (χ0) is 16.3. The standard InChI is InChI=1S/C17H23N3O2S/c1-18-16(20-11-17(22)7-4-8-17)19-10-13(21)15-9-12-5-2-3-6-14(12)23-15/h2-3,5-6,9,13,21-22H,4,7-8,10-11H2,1H3,(H2,18,19,20). The fourth-order valence-corrected chi connectivity index (χ4v) is 3.74. The Morgan fingerprint density at radius 2 is 2.13 bits per heavy atom. The predicted molar refractivity (Wildman–Crippen MR) is 95.0 cm³/mol. The van der Waals surface area contributed by atoms with Crippen LogP contribution in [-0.2, 0) is 0 Å². The molecule has 0 aliphatic heterocycles. The van der Waals surface area contributed by atoms with E-state index >= 15 is 0 Å². The van der Waals surface area contributed by atoms with Crippen LogP contribution in [0.3, 0.4) is 0 Å². The van der Waals surface area contributed by atoms with Gasteiger partial charge in [-0.15, -0.1) is 11.3 Å². The van der Waals surface area contributed by atoms with Crippen LogP contribution < -0.4 is 10.6 Å². The summed E-state index contributed by atoms with van der Waals surface area (Å²) in [4.78, 5) is 5.07. The summed E-state index contributed by atoms with van der Waals surface area (Å²) in [6, 6.07) is 10.1. The summed E-state index contributed by atoms with van der Waals surface area (Å²) in [5.74, 6) is 0.602. The summed E-state index contributed by atoms with van der Waals surface area (Å²) in [5, 5.41) is 27.9. The number of nitrogens with one attached hydrogen (secondary N) is 2. The zero-order valence-electron chi connectivity index (χ0n) is 13.2. The van der Waals surface area contributed by atoms with Crippen molar-refractivity contribution in [2.45, 2.75) is 31.0 Å². The molecule has 1 saturated carbocycles. The summed E-state index contributed by atoms with van der Waals surface area (Å²) in [5.41, 5.74) is -0.596. The lowest BCUT2D eigenvalue weighted by Gasteiger charge is -2.37. The van der Waals surface area contributed by atoms with Gasteiger partial charge in [0.1, 0.15) is 6.10 Å². The third kappa shape index (κ3) is 3.83. The Balaban J connectivity index is 1.53. The highest BCUT2D eigenvalue weighted by Gasteiger charge is 2.34. The molecule has 3 rings (SSSR count). The first-order chi connectivity index (χ1) is 11.1. The maximum Gasteiger partial charge on any atom is 0.191 e. The molecule has 6 heteroatoms. The maximum atomic E-state index is 10.4. The molecule has 124 valence electrons. The molecule has 1 aromatic carbocycles. The van der Waals surface area contributed by atoms with Gasteiger partial charge < -0.3 is 20.8 Å². The van der Waals surface area contributed by atoms with E-state index in [0.29, 0.717) is 19.0 Å². The third-order valence-electron chi connectivity index (χ3n) is 4.33. The van der Waals surface area contributed by atoms with Crippen molar-refractivity contribution in [3.63, 3.8) is 0 Å². The number of thiophene rings is 1. The minimum atomic E-state index is -0.596. The Hall–Kier alpha value is -1.63. The van der Waals surface area contributed by atoms with E-state index in [0.717, 1.165) is 29.5 Å². The molecule has 0 amide bonds. The number of hydrogen-bond acceptors (Lipinski definition) is 4. The van der Waals surface area contributed by atoms with Crippen LogP contribution in [0.25, 0.3) is 10.1 Å². The molecule has 23 heavy (non-hydrogen) atoms. The highest BCUT2D eigenvalue weighted by molar-refractivity contribution is 7.19. The van der Waals surface area contributed by atoms with Gasteiger partial charge in [0, 0.05) is 29.7 Å². The van der Waals surface area contributed by atoms with E-state index in [-0.39, 0.29) is 0 Å². The van der Waals surface area contributed by atoms with Crippen molar-refractivity contribution in [1.82, 2.24) is 10.6 Å². The van der Waals surface area contributed by atoms with Crippen molar-refractivity contribution >= 4 is 27.4 Å². The second-order valence-electron chi connectivity index (χ2n) is 6.09. The molecule has 0 radical (unpaired) electrons. The van der Waals surface area contributed by atoms with Gasteiger partial charge in [-0.3, -0.25) is 4.99 Å². The summed E-state index contributed by atoms with van der Waals surface area (Å²) in [6.07, 6.45) is 2.16. The van der Waals surface area contributed by atoms with Crippen LogP contribution >= 0.6 is 11.3 Å². The fourth-order valence-electron chi connectivity index (χ4n) is 2.69. The van der Waals surface area contributed by atoms with Crippen LogP contribution in [0, 0.1) is 0 Å². The highest BCUT2D eigenvalue weighted by Crippen LogP contribution is 2.31. The number of benzene rings is 1. The van der Waals surface area contributed by atoms with Gasteiger partial charge in [0.15, 0.2) is 5.96 Å². The van der Waals surface area contributed by atoms with Gasteiger partial charge in [-0.25, -0.2) is 0 Å². The van der Waals surface area contributed by atoms with Crippen molar-refractivity contribution < 1.29 is 10.2 Å². The van der Waals surface area contributed by atoms with Gasteiger partial charge in [0.2, 0.25) is 0 Å². The molecule has 1 heterocycles. The van der Waals surface area contributed by atoms with E-state index in [1.807, 2.05) is 18.2 Å². The molecule has 1 fully saturated rings. The molecule has 1 aromatic heterocycles. The van der Waals surface area contributed by atoms with E-state index in [1.165, 1.54) is 4.70 Å². The second kappa shape index (κ2) is 6.86. The minimum absolute atomic E-state index is 0.380. The second-order valence-corrected chi connectivity index (χ2v) is 7.20. The van der Waals surface area contributed by atoms with E-state index in [4.69, 9.17) is 0 Å². The number of nitrogens with zero attached hydrogens (tertiary/aromatic N) is 1. The van der Waals surface area contributed by atoms with Crippen LogP contribution in [0.15, 0.2) is 35.3 Å². The first-order valence-electron chi connectivity index (χ1n) is 7.93. The number of aliphatic hydroxyl groups excluding tert-OH is 1. The van der Waals surface area contributed by atoms with Gasteiger partial charge in [0.25, 0.3) is 0 Å². The molecule has 1 atom stereocenters. The van der Waals surface area contributed by atoms with Crippen LogP contribution in [-0.4, -0.2) is 41.9 Å². The summed E-state index contributed by atoms with van der Waals surface area (Å²) in [7, 11) is 1.69. The summed E-state index contributed by atoms with van der Waals surface area (Å²) < 4.78 is 1.18. The molecule has 0 bridgehead atoms. The molecular formula is C17H23N3O2S. The Morgan fingerprint density at radius 3 is 2.78 bits per heavy atom. The monoisotopic (exact) mass is 333 g/mol. The van der Waals surface area contributed by atoms with Crippen LogP contribution in [0.4, 0.5) is 0 Å². The number of aliphatic imine (C=N–C) groups is 1. The van der Waals surface area contributed by atoms with E-state index in [2.05, 4.69) is 27.8 Å². The molecule has 1 aliphatic rings. The number of rotatable bonds is 5. The van der Waals surface area contributed by atoms with Crippen LogP contribution in [0.2, 0.25) is 0 Å². The molecular weight excluding hydrogens is 310 g/mol. The SMILES string of the molecule is CN=C(NCC(O)c1cc2ccccc2s1)NCC1(O)CCC1. The average Bonchev–Trinajstić information content (AvgIpc) is 2.97. The first-order valence-corrected chi connectivity index (χ1v) is 8.75. The molecule has 4 N–H and O–H groups in total. The van der Waals surface area contributed by atoms with Gasteiger partial charge >= 0.3 is 0 Å². The van der Waals surface area contributed by atoms with Gasteiger partial charge in [-0.1, -0.05) is 18.2 Å². The van der Waals surface area contributed by atoms with Crippen molar-refractivity contribution in [1.29, 1.82) is 0 Å². The normalized spacial score (nSPS) is 18.5. The predicted octanol–water partition coefficient (Wildman–Crippen LogP) is 2.01. The Morgan fingerprint density at radius 1 is 1.35 bits per heavy atom. The van der Waals surface area contributed by atoms with Crippen molar-refractivity contribution in [2.75, 3.05) is 20.1 Å². The summed E-state index contributed by atoms with van der Waals surface area (Å²) in [6.45, 7) is 0.872. The van der Waals surface area contributed by atoms with Crippen LogP contribution in [0.1, 0.15) is 30.2 Å². The Labute approximate surface area is 140 Å². The average molecular weight is 333 g/mol. The fraction of sp³-hybridized carbons (Fsp3) is 0.471. The van der Waals surface area contributed by atoms with E-state index < -0.39 is 11.7 Å². The van der Waals surface area contributed by atoms with Gasteiger partial charge in [0.05, 0.1) is 5.60 Å². The highest BCUT2D eigenvalue weighted by atomic mass is 32.1. The smallest absolute Gasteiger partial charge is 0.191 e. The topological polar surface area (TPSA) is 76.9 Å². The van der Waals surface area contributed by atoms with Crippen molar-refractivity contribution in [3.05, 3.63) is 35.2 Å². The Bertz CT molecular complexity index is 661. The number of aliphatic hydroxyl groups is 2. The van der Waals surface area contributed by atoms with Gasteiger partial charge in [-0.2, -0.15) is 0 Å². The third-order valence-corrected chi connectivity index (χ3v) is 5.55. The van der Waals surface area contributed by atoms with Crippen molar-refractivity contribution in [3.8, 4) is 0 Å². The number of hydrogen-bond donors (Lipinski definition) is 4. The van der Waals surface area contributed by atoms with Gasteiger partial charge in [-0.05, 0) is 36.8 Å². The molecule has 1 unspecified atom stereocenters. The molecule has 5 nitrogen and oxygen atoms in total. The number of fused-ring (bicyclic) bond motifs is 1. The quantitative estimate of drug-likeness (QED) is 0.499. The first kappa shape index (κ1) is 16.2.